The third kappa shape index (κ3) is 1.50. The van der Waals surface area contributed by atoms with Gasteiger partial charge in [0.25, 0.3) is 0 Å². The van der Waals surface area contributed by atoms with Gasteiger partial charge in [-0.25, -0.2) is 4.68 Å². The van der Waals surface area contributed by atoms with Crippen LogP contribution >= 0.6 is 0 Å². The lowest BCUT2D eigenvalue weighted by molar-refractivity contribution is -0.255. The maximum absolute atomic E-state index is 10.5. The summed E-state index contributed by atoms with van der Waals surface area (Å²) in [4.78, 5) is 10.5. The van der Waals surface area contributed by atoms with Gasteiger partial charge in [0.2, 0.25) is 0 Å². The molecule has 2 rings (SSSR count). The van der Waals surface area contributed by atoms with E-state index in [-0.39, 0.29) is 5.69 Å². The Hall–Kier alpha value is -2.10. The van der Waals surface area contributed by atoms with Gasteiger partial charge in [-0.2, -0.15) is 5.10 Å². The number of carbonyl (C=O) groups excluding carboxylic acids is 1. The van der Waals surface area contributed by atoms with Crippen molar-refractivity contribution < 1.29 is 9.90 Å². The Labute approximate surface area is 80.4 Å². The summed E-state index contributed by atoms with van der Waals surface area (Å²) >= 11 is 0. The average molecular weight is 187 g/mol. The summed E-state index contributed by atoms with van der Waals surface area (Å²) in [7, 11) is 0. The van der Waals surface area contributed by atoms with Crippen molar-refractivity contribution in [1.29, 1.82) is 0 Å². The van der Waals surface area contributed by atoms with Gasteiger partial charge in [0.1, 0.15) is 5.69 Å². The van der Waals surface area contributed by atoms with Crippen molar-refractivity contribution in [2.45, 2.75) is 0 Å². The second-order valence-corrected chi connectivity index (χ2v) is 2.77. The van der Waals surface area contributed by atoms with Crippen molar-refractivity contribution in [2.75, 3.05) is 0 Å². The van der Waals surface area contributed by atoms with E-state index in [1.54, 1.807) is 6.20 Å². The van der Waals surface area contributed by atoms with Gasteiger partial charge in [0.05, 0.1) is 11.7 Å². The Morgan fingerprint density at radius 1 is 1.21 bits per heavy atom. The molecule has 0 saturated heterocycles. The minimum Gasteiger partial charge on any atom is -0.543 e. The summed E-state index contributed by atoms with van der Waals surface area (Å²) in [6.45, 7) is 0. The molecule has 1 aromatic heterocycles. The zero-order chi connectivity index (χ0) is 9.97. The lowest BCUT2D eigenvalue weighted by Gasteiger charge is -1.99. The number of carbonyl (C=O) groups is 1. The Morgan fingerprint density at radius 3 is 2.50 bits per heavy atom. The molecule has 4 heteroatoms. The summed E-state index contributed by atoms with van der Waals surface area (Å²) in [5.41, 5.74) is 0.758. The van der Waals surface area contributed by atoms with E-state index in [2.05, 4.69) is 5.10 Å². The van der Waals surface area contributed by atoms with E-state index in [0.29, 0.717) is 0 Å². The highest BCUT2D eigenvalue weighted by Crippen LogP contribution is 2.05. The Bertz CT molecular complexity index is 448. The molecule has 1 heterocycles. The number of rotatable bonds is 2. The van der Waals surface area contributed by atoms with Crippen molar-refractivity contribution in [3.63, 3.8) is 0 Å². The molecule has 0 fully saturated rings. The van der Waals surface area contributed by atoms with E-state index in [1.165, 1.54) is 10.7 Å². The molecule has 2 aromatic rings. The number of nitrogens with zero attached hydrogens (tertiary/aromatic N) is 2. The lowest BCUT2D eigenvalue weighted by atomic mass is 10.3. The molecule has 1 aromatic carbocycles. The first-order valence-electron chi connectivity index (χ1n) is 4.10. The van der Waals surface area contributed by atoms with Crippen LogP contribution in [0.3, 0.4) is 0 Å². The molecule has 0 radical (unpaired) electrons. The van der Waals surface area contributed by atoms with Gasteiger partial charge < -0.3 is 9.90 Å². The highest BCUT2D eigenvalue weighted by Gasteiger charge is 2.00. The fourth-order valence-corrected chi connectivity index (χ4v) is 1.16. The number of hydrogen-bond acceptors (Lipinski definition) is 3. The molecule has 4 nitrogen and oxygen atoms in total. The zero-order valence-corrected chi connectivity index (χ0v) is 7.25. The van der Waals surface area contributed by atoms with E-state index >= 15 is 0 Å². The van der Waals surface area contributed by atoms with E-state index in [9.17, 15) is 9.90 Å². The van der Waals surface area contributed by atoms with Crippen LogP contribution in [-0.2, 0) is 0 Å². The van der Waals surface area contributed by atoms with Crippen LogP contribution in [0.2, 0.25) is 0 Å². The molecule has 0 N–H and O–H groups in total. The lowest BCUT2D eigenvalue weighted by Crippen LogP contribution is -2.22. The quantitative estimate of drug-likeness (QED) is 0.676. The molecule has 0 aliphatic carbocycles. The van der Waals surface area contributed by atoms with E-state index in [1.807, 2.05) is 30.3 Å². The van der Waals surface area contributed by atoms with E-state index < -0.39 is 5.97 Å². The first-order valence-corrected chi connectivity index (χ1v) is 4.10. The number of carboxylic acids is 1. The van der Waals surface area contributed by atoms with Crippen LogP contribution in [0.15, 0.2) is 42.6 Å². The van der Waals surface area contributed by atoms with Crippen molar-refractivity contribution >= 4 is 5.97 Å². The molecule has 0 saturated carbocycles. The minimum absolute atomic E-state index is 0.0612. The predicted molar refractivity (Wildman–Crippen MR) is 47.9 cm³/mol. The topological polar surface area (TPSA) is 57.9 Å². The maximum atomic E-state index is 10.5. The summed E-state index contributed by atoms with van der Waals surface area (Å²) in [6.07, 6.45) is 1.58. The summed E-state index contributed by atoms with van der Waals surface area (Å²) < 4.78 is 1.49. The number of aromatic carboxylic acids is 1. The molecule has 0 atom stereocenters. The first-order chi connectivity index (χ1) is 6.77. The Balaban J connectivity index is 2.39. The zero-order valence-electron chi connectivity index (χ0n) is 7.25. The van der Waals surface area contributed by atoms with Crippen LogP contribution in [0.1, 0.15) is 10.5 Å². The van der Waals surface area contributed by atoms with E-state index in [0.717, 1.165) is 5.69 Å². The van der Waals surface area contributed by atoms with Gasteiger partial charge in [-0.3, -0.25) is 0 Å². The fraction of sp³-hybridized carbons (Fsp3) is 0. The largest absolute Gasteiger partial charge is 0.543 e. The molecule has 70 valence electrons. The minimum atomic E-state index is -1.26. The predicted octanol–water partition coefficient (Wildman–Crippen LogP) is 0.236. The number of hydrogen-bond donors (Lipinski definition) is 0. The van der Waals surface area contributed by atoms with Crippen molar-refractivity contribution in [1.82, 2.24) is 9.78 Å². The second kappa shape index (κ2) is 3.33. The fourth-order valence-electron chi connectivity index (χ4n) is 1.16. The van der Waals surface area contributed by atoms with Crippen LogP contribution in [0, 0.1) is 0 Å². The van der Waals surface area contributed by atoms with Crippen molar-refractivity contribution in [3.05, 3.63) is 48.3 Å². The van der Waals surface area contributed by atoms with Gasteiger partial charge in [-0.1, -0.05) is 18.2 Å². The van der Waals surface area contributed by atoms with Crippen molar-refractivity contribution in [2.24, 2.45) is 0 Å². The average Bonchev–Trinajstić information content (AvgIpc) is 2.68. The first kappa shape index (κ1) is 8.50. The molecule has 0 aliphatic heterocycles. The summed E-state index contributed by atoms with van der Waals surface area (Å²) in [5.74, 6) is -1.26. The van der Waals surface area contributed by atoms with Gasteiger partial charge in [0, 0.05) is 6.20 Å². The van der Waals surface area contributed by atoms with Crippen molar-refractivity contribution in [3.8, 4) is 5.69 Å². The molecular formula is C10H7N2O2-. The third-order valence-corrected chi connectivity index (χ3v) is 1.82. The molecule has 0 amide bonds. The standard InChI is InChI=1S/C10H8N2O2/c13-10(14)9-6-7-12(11-9)8-4-2-1-3-5-8/h1-7H,(H,13,14)/p-1. The molecule has 0 spiro atoms. The number of benzene rings is 1. The monoisotopic (exact) mass is 187 g/mol. The van der Waals surface area contributed by atoms with Gasteiger partial charge in [0.15, 0.2) is 0 Å². The van der Waals surface area contributed by atoms with Crippen LogP contribution < -0.4 is 5.11 Å². The number of para-hydroxylation sites is 1. The summed E-state index contributed by atoms with van der Waals surface area (Å²) in [6, 6.07) is 10.7. The van der Waals surface area contributed by atoms with Gasteiger partial charge >= 0.3 is 0 Å². The molecule has 14 heavy (non-hydrogen) atoms. The van der Waals surface area contributed by atoms with E-state index in [4.69, 9.17) is 0 Å². The smallest absolute Gasteiger partial charge is 0.108 e. The van der Waals surface area contributed by atoms with Crippen LogP contribution in [0.4, 0.5) is 0 Å². The summed E-state index contributed by atoms with van der Waals surface area (Å²) in [5, 5.41) is 14.3. The highest BCUT2D eigenvalue weighted by molar-refractivity contribution is 5.83. The normalized spacial score (nSPS) is 10.0. The van der Waals surface area contributed by atoms with Crippen LogP contribution in [-0.4, -0.2) is 15.7 Å². The molecule has 0 aliphatic rings. The maximum Gasteiger partial charge on any atom is 0.108 e. The third-order valence-electron chi connectivity index (χ3n) is 1.82. The van der Waals surface area contributed by atoms with Crippen LogP contribution in [0.25, 0.3) is 5.69 Å². The molecular weight excluding hydrogens is 180 g/mol. The molecule has 0 unspecified atom stereocenters. The molecule has 0 bridgehead atoms. The van der Waals surface area contributed by atoms with Gasteiger partial charge in [-0.05, 0) is 18.2 Å². The second-order valence-electron chi connectivity index (χ2n) is 2.77. The Kier molecular flexibility index (Phi) is 2.02. The van der Waals surface area contributed by atoms with Gasteiger partial charge in [-0.15, -0.1) is 0 Å². The van der Waals surface area contributed by atoms with Crippen LogP contribution in [0.5, 0.6) is 0 Å². The number of aromatic nitrogens is 2. The highest BCUT2D eigenvalue weighted by atomic mass is 16.4. The Morgan fingerprint density at radius 2 is 1.93 bits per heavy atom. The number of carboxylic acid groups (broad SMARTS) is 1. The SMILES string of the molecule is O=C([O-])c1ccn(-c2ccccc2)n1.